The molecule has 118 valence electrons. The summed E-state index contributed by atoms with van der Waals surface area (Å²) >= 11 is 0. The number of sulfonamides is 1. The molecule has 6 nitrogen and oxygen atoms in total. The van der Waals surface area contributed by atoms with E-state index in [0.29, 0.717) is 18.8 Å². The Bertz CT molecular complexity index is 603. The maximum absolute atomic E-state index is 12.9. The number of nitrogens with zero attached hydrogens (tertiary/aromatic N) is 2. The Morgan fingerprint density at radius 3 is 2.67 bits per heavy atom. The number of benzene rings is 1. The molecule has 0 amide bonds. The number of hydrogen-bond donors (Lipinski definition) is 1. The fourth-order valence-corrected chi connectivity index (χ4v) is 4.41. The highest BCUT2D eigenvalue weighted by molar-refractivity contribution is 7.89. The summed E-state index contributed by atoms with van der Waals surface area (Å²) in [7, 11) is -0.0902. The van der Waals surface area contributed by atoms with E-state index >= 15 is 0 Å². The zero-order valence-electron chi connectivity index (χ0n) is 12.7. The SMILES string of the molecule is COc1cc(CN)ccc1S(=O)(=O)N1CCN(C)CC1C. The first-order valence-corrected chi connectivity index (χ1v) is 8.41. The monoisotopic (exact) mass is 313 g/mol. The summed E-state index contributed by atoms with van der Waals surface area (Å²) in [6, 6.07) is 4.94. The van der Waals surface area contributed by atoms with Gasteiger partial charge in [-0.3, -0.25) is 0 Å². The van der Waals surface area contributed by atoms with Gasteiger partial charge in [0.2, 0.25) is 10.0 Å². The van der Waals surface area contributed by atoms with Crippen molar-refractivity contribution in [3.05, 3.63) is 23.8 Å². The van der Waals surface area contributed by atoms with Crippen molar-refractivity contribution in [2.45, 2.75) is 24.4 Å². The molecule has 1 aromatic carbocycles. The summed E-state index contributed by atoms with van der Waals surface area (Å²) in [5, 5.41) is 0. The van der Waals surface area contributed by atoms with Crippen LogP contribution in [0.3, 0.4) is 0 Å². The number of piperazine rings is 1. The molecule has 1 fully saturated rings. The van der Waals surface area contributed by atoms with Crippen molar-refractivity contribution in [2.75, 3.05) is 33.8 Å². The molecule has 1 atom stereocenters. The smallest absolute Gasteiger partial charge is 0.247 e. The van der Waals surface area contributed by atoms with Gasteiger partial charge in [0.05, 0.1) is 7.11 Å². The summed E-state index contributed by atoms with van der Waals surface area (Å²) in [6.45, 7) is 4.21. The van der Waals surface area contributed by atoms with E-state index in [1.807, 2.05) is 14.0 Å². The Labute approximate surface area is 126 Å². The minimum atomic E-state index is -3.56. The van der Waals surface area contributed by atoms with Crippen LogP contribution in [0.15, 0.2) is 23.1 Å². The van der Waals surface area contributed by atoms with Gasteiger partial charge >= 0.3 is 0 Å². The molecule has 1 unspecified atom stereocenters. The van der Waals surface area contributed by atoms with Crippen molar-refractivity contribution in [2.24, 2.45) is 5.73 Å². The molecule has 0 radical (unpaired) electrons. The van der Waals surface area contributed by atoms with Crippen LogP contribution < -0.4 is 10.5 Å². The van der Waals surface area contributed by atoms with Gasteiger partial charge in [-0.05, 0) is 31.7 Å². The second-order valence-corrected chi connectivity index (χ2v) is 7.28. The number of rotatable bonds is 4. The third kappa shape index (κ3) is 3.21. The summed E-state index contributed by atoms with van der Waals surface area (Å²) in [4.78, 5) is 2.34. The fraction of sp³-hybridized carbons (Fsp3) is 0.571. The van der Waals surface area contributed by atoms with Crippen LogP contribution in [0, 0.1) is 0 Å². The number of methoxy groups -OCH3 is 1. The highest BCUT2D eigenvalue weighted by Crippen LogP contribution is 2.29. The van der Waals surface area contributed by atoms with Crippen molar-refractivity contribution in [1.82, 2.24) is 9.21 Å². The van der Waals surface area contributed by atoms with Crippen LogP contribution >= 0.6 is 0 Å². The van der Waals surface area contributed by atoms with Crippen molar-refractivity contribution in [3.63, 3.8) is 0 Å². The topological polar surface area (TPSA) is 75.9 Å². The van der Waals surface area contributed by atoms with Gasteiger partial charge in [-0.15, -0.1) is 0 Å². The molecule has 0 saturated carbocycles. The van der Waals surface area contributed by atoms with Crippen LogP contribution in [-0.2, 0) is 16.6 Å². The normalized spacial score (nSPS) is 21.4. The van der Waals surface area contributed by atoms with Gasteiger partial charge in [0, 0.05) is 32.2 Å². The first-order chi connectivity index (χ1) is 9.90. The standard InChI is InChI=1S/C14H23N3O3S/c1-11-10-16(2)6-7-17(11)21(18,19)14-5-4-12(9-15)8-13(14)20-3/h4-5,8,11H,6-7,9-10,15H2,1-3H3. The zero-order chi connectivity index (χ0) is 15.6. The predicted octanol–water partition coefficient (Wildman–Crippen LogP) is 0.479. The summed E-state index contributed by atoms with van der Waals surface area (Å²) in [6.07, 6.45) is 0. The maximum atomic E-state index is 12.9. The quantitative estimate of drug-likeness (QED) is 0.875. The molecule has 1 heterocycles. The second-order valence-electron chi connectivity index (χ2n) is 5.42. The summed E-state index contributed by atoms with van der Waals surface area (Å²) < 4.78 is 32.6. The maximum Gasteiger partial charge on any atom is 0.247 e. The van der Waals surface area contributed by atoms with Gasteiger partial charge in [0.15, 0.2) is 0 Å². The van der Waals surface area contributed by atoms with E-state index in [9.17, 15) is 8.42 Å². The van der Waals surface area contributed by atoms with Crippen LogP contribution in [0.1, 0.15) is 12.5 Å². The lowest BCUT2D eigenvalue weighted by molar-refractivity contribution is 0.170. The summed E-state index contributed by atoms with van der Waals surface area (Å²) in [5.41, 5.74) is 6.44. The lowest BCUT2D eigenvalue weighted by atomic mass is 10.2. The first kappa shape index (κ1) is 16.2. The number of likely N-dealkylation sites (N-methyl/N-ethyl adjacent to an activating group) is 1. The molecule has 0 spiro atoms. The lowest BCUT2D eigenvalue weighted by Gasteiger charge is -2.37. The molecule has 2 rings (SSSR count). The molecule has 1 aliphatic rings. The van der Waals surface area contributed by atoms with Gasteiger partial charge in [0.1, 0.15) is 10.6 Å². The Kier molecular flexibility index (Phi) is 4.88. The average molecular weight is 313 g/mol. The Hall–Kier alpha value is -1.15. The minimum Gasteiger partial charge on any atom is -0.495 e. The Morgan fingerprint density at radius 1 is 1.38 bits per heavy atom. The van der Waals surface area contributed by atoms with Crippen LogP contribution in [0.4, 0.5) is 0 Å². The van der Waals surface area contributed by atoms with E-state index in [4.69, 9.17) is 10.5 Å². The molecule has 1 aromatic rings. The summed E-state index contributed by atoms with van der Waals surface area (Å²) in [5.74, 6) is 0.351. The van der Waals surface area contributed by atoms with Gasteiger partial charge in [0.25, 0.3) is 0 Å². The molecule has 2 N–H and O–H groups in total. The lowest BCUT2D eigenvalue weighted by Crippen LogP contribution is -2.52. The molecule has 0 aromatic heterocycles. The van der Waals surface area contributed by atoms with Crippen LogP contribution in [0.5, 0.6) is 5.75 Å². The Morgan fingerprint density at radius 2 is 2.10 bits per heavy atom. The van der Waals surface area contributed by atoms with Crippen molar-refractivity contribution >= 4 is 10.0 Å². The van der Waals surface area contributed by atoms with Gasteiger partial charge in [-0.2, -0.15) is 4.31 Å². The van der Waals surface area contributed by atoms with E-state index < -0.39 is 10.0 Å². The van der Waals surface area contributed by atoms with Crippen molar-refractivity contribution in [3.8, 4) is 5.75 Å². The van der Waals surface area contributed by atoms with E-state index in [-0.39, 0.29) is 10.9 Å². The molecule has 0 aliphatic carbocycles. The highest BCUT2D eigenvalue weighted by atomic mass is 32.2. The molecule has 7 heteroatoms. The second kappa shape index (κ2) is 6.31. The molecular weight excluding hydrogens is 290 g/mol. The predicted molar refractivity (Wildman–Crippen MR) is 81.7 cm³/mol. The fourth-order valence-electron chi connectivity index (χ4n) is 2.66. The van der Waals surface area contributed by atoms with Crippen molar-refractivity contribution < 1.29 is 13.2 Å². The zero-order valence-corrected chi connectivity index (χ0v) is 13.6. The molecule has 0 bridgehead atoms. The first-order valence-electron chi connectivity index (χ1n) is 6.97. The van der Waals surface area contributed by atoms with Gasteiger partial charge in [-0.25, -0.2) is 8.42 Å². The van der Waals surface area contributed by atoms with E-state index in [0.717, 1.165) is 18.7 Å². The van der Waals surface area contributed by atoms with Gasteiger partial charge < -0.3 is 15.4 Å². The molecule has 1 saturated heterocycles. The third-order valence-corrected chi connectivity index (χ3v) is 5.87. The third-order valence-electron chi connectivity index (χ3n) is 3.82. The largest absolute Gasteiger partial charge is 0.495 e. The van der Waals surface area contributed by atoms with Gasteiger partial charge in [-0.1, -0.05) is 6.07 Å². The average Bonchev–Trinajstić information content (AvgIpc) is 2.46. The molecule has 21 heavy (non-hydrogen) atoms. The minimum absolute atomic E-state index is 0.0624. The number of nitrogens with two attached hydrogens (primary N) is 1. The Balaban J connectivity index is 2.39. The molecular formula is C14H23N3O3S. The number of hydrogen-bond acceptors (Lipinski definition) is 5. The van der Waals surface area contributed by atoms with Crippen LogP contribution in [-0.4, -0.2) is 57.5 Å². The van der Waals surface area contributed by atoms with E-state index in [1.165, 1.54) is 7.11 Å². The highest BCUT2D eigenvalue weighted by Gasteiger charge is 2.34. The van der Waals surface area contributed by atoms with E-state index in [1.54, 1.807) is 22.5 Å². The van der Waals surface area contributed by atoms with Crippen LogP contribution in [0.25, 0.3) is 0 Å². The van der Waals surface area contributed by atoms with Crippen LogP contribution in [0.2, 0.25) is 0 Å². The van der Waals surface area contributed by atoms with Crippen molar-refractivity contribution in [1.29, 1.82) is 0 Å². The number of ether oxygens (including phenoxy) is 1. The molecule has 1 aliphatic heterocycles. The van der Waals surface area contributed by atoms with E-state index in [2.05, 4.69) is 4.90 Å².